The molecule has 6 nitrogen and oxygen atoms in total. The lowest BCUT2D eigenvalue weighted by Crippen LogP contribution is -2.35. The molecule has 2 aliphatic rings. The molecule has 1 aliphatic carbocycles. The predicted octanol–water partition coefficient (Wildman–Crippen LogP) is 4.96. The van der Waals surface area contributed by atoms with Crippen molar-refractivity contribution in [3.8, 4) is 0 Å². The third-order valence-corrected chi connectivity index (χ3v) is 6.63. The fourth-order valence-electron chi connectivity index (χ4n) is 4.97. The van der Waals surface area contributed by atoms with Crippen LogP contribution in [0.4, 0.5) is 5.69 Å². The van der Waals surface area contributed by atoms with E-state index in [-0.39, 0.29) is 17.9 Å². The highest BCUT2D eigenvalue weighted by atomic mass is 16.4. The number of nitrogens with zero attached hydrogens (tertiary/aromatic N) is 2. The lowest BCUT2D eigenvalue weighted by molar-refractivity contribution is 0.0945. The fraction of sp³-hybridized carbons (Fsp3) is 0.296. The molecule has 0 bridgehead atoms. The minimum Gasteiger partial charge on any atom is -0.455 e. The molecule has 2 amide bonds. The molecule has 2 aromatic carbocycles. The van der Waals surface area contributed by atoms with Gasteiger partial charge < -0.3 is 9.32 Å². The normalized spacial score (nSPS) is 18.2. The summed E-state index contributed by atoms with van der Waals surface area (Å²) in [5, 5.41) is 4.46. The van der Waals surface area contributed by atoms with Gasteiger partial charge in [-0.3, -0.25) is 9.59 Å². The number of benzene rings is 2. The molecule has 0 saturated heterocycles. The maximum atomic E-state index is 13.6. The highest BCUT2D eigenvalue weighted by molar-refractivity contribution is 6.11. The average molecular weight is 442 g/mol. The third kappa shape index (κ3) is 3.65. The third-order valence-electron chi connectivity index (χ3n) is 6.63. The van der Waals surface area contributed by atoms with Crippen molar-refractivity contribution in [3.63, 3.8) is 0 Å². The zero-order valence-corrected chi connectivity index (χ0v) is 19.1. The van der Waals surface area contributed by atoms with Crippen molar-refractivity contribution in [2.75, 3.05) is 4.90 Å². The summed E-state index contributed by atoms with van der Waals surface area (Å²) in [6.07, 6.45) is 3.16. The monoisotopic (exact) mass is 441 g/mol. The van der Waals surface area contributed by atoms with Gasteiger partial charge in [-0.05, 0) is 63.3 Å². The number of aryl methyl sites for hydroxylation is 2. The molecule has 5 rings (SSSR count). The van der Waals surface area contributed by atoms with Gasteiger partial charge in [0.15, 0.2) is 5.76 Å². The first-order chi connectivity index (χ1) is 16.0. The lowest BCUT2D eigenvalue weighted by Gasteiger charge is -2.21. The smallest absolute Gasteiger partial charge is 0.294 e. The van der Waals surface area contributed by atoms with E-state index < -0.39 is 0 Å². The maximum absolute atomic E-state index is 13.6. The van der Waals surface area contributed by atoms with Gasteiger partial charge in [-0.25, -0.2) is 5.43 Å². The summed E-state index contributed by atoms with van der Waals surface area (Å²) >= 11 is 0. The molecule has 0 saturated carbocycles. The van der Waals surface area contributed by atoms with E-state index in [1.165, 1.54) is 5.56 Å². The standard InChI is InChI=1S/C27H27N3O3/c1-16-9-4-6-11-20(16)26(31)29-28-21-12-8-14-23-24(21)18(3)25(33-23)27(32)30-17(2)15-19-10-5-7-13-22(19)30/h4-7,9-11,13,17H,8,12,14-15H2,1-3H3,(H,29,31)/b28-21+. The van der Waals surface area contributed by atoms with Crippen LogP contribution in [0, 0.1) is 13.8 Å². The van der Waals surface area contributed by atoms with E-state index in [9.17, 15) is 9.59 Å². The minimum absolute atomic E-state index is 0.0676. The summed E-state index contributed by atoms with van der Waals surface area (Å²) in [7, 11) is 0. The van der Waals surface area contributed by atoms with Crippen LogP contribution in [0.25, 0.3) is 0 Å². The molecule has 168 valence electrons. The van der Waals surface area contributed by atoms with Gasteiger partial charge in [0.1, 0.15) is 5.76 Å². The zero-order valence-electron chi connectivity index (χ0n) is 19.1. The Hall–Kier alpha value is -3.67. The number of para-hydroxylation sites is 1. The summed E-state index contributed by atoms with van der Waals surface area (Å²) in [6.45, 7) is 5.87. The second kappa shape index (κ2) is 8.35. The van der Waals surface area contributed by atoms with Crippen molar-refractivity contribution in [3.05, 3.63) is 87.9 Å². The molecule has 0 spiro atoms. The summed E-state index contributed by atoms with van der Waals surface area (Å²) in [5.41, 5.74) is 8.72. The van der Waals surface area contributed by atoms with Crippen LogP contribution in [0.3, 0.4) is 0 Å². The fourth-order valence-corrected chi connectivity index (χ4v) is 4.97. The first-order valence-corrected chi connectivity index (χ1v) is 11.4. The molecule has 1 aliphatic heterocycles. The molecule has 3 aromatic rings. The Kier molecular flexibility index (Phi) is 5.36. The van der Waals surface area contributed by atoms with E-state index in [2.05, 4.69) is 23.5 Å². The van der Waals surface area contributed by atoms with Crippen molar-refractivity contribution in [1.82, 2.24) is 5.43 Å². The predicted molar refractivity (Wildman–Crippen MR) is 128 cm³/mol. The van der Waals surface area contributed by atoms with Crippen LogP contribution in [-0.4, -0.2) is 23.6 Å². The van der Waals surface area contributed by atoms with Gasteiger partial charge in [-0.2, -0.15) is 5.10 Å². The van der Waals surface area contributed by atoms with Crippen LogP contribution >= 0.6 is 0 Å². The van der Waals surface area contributed by atoms with Crippen molar-refractivity contribution in [1.29, 1.82) is 0 Å². The molecule has 1 N–H and O–H groups in total. The number of nitrogens with one attached hydrogen (secondary N) is 1. The van der Waals surface area contributed by atoms with E-state index in [4.69, 9.17) is 4.42 Å². The van der Waals surface area contributed by atoms with Gasteiger partial charge in [0.2, 0.25) is 0 Å². The minimum atomic E-state index is -0.243. The number of hydrogen-bond donors (Lipinski definition) is 1. The highest BCUT2D eigenvalue weighted by Crippen LogP contribution is 2.36. The Bertz CT molecular complexity index is 1290. The largest absolute Gasteiger partial charge is 0.455 e. The Morgan fingerprint density at radius 3 is 2.64 bits per heavy atom. The number of amides is 2. The van der Waals surface area contributed by atoms with Crippen LogP contribution in [0.1, 0.15) is 68.7 Å². The quantitative estimate of drug-likeness (QED) is 0.584. The molecular formula is C27H27N3O3. The van der Waals surface area contributed by atoms with Crippen molar-refractivity contribution in [2.24, 2.45) is 5.10 Å². The highest BCUT2D eigenvalue weighted by Gasteiger charge is 2.36. The van der Waals surface area contributed by atoms with E-state index in [1.54, 1.807) is 6.07 Å². The summed E-state index contributed by atoms with van der Waals surface area (Å²) in [6, 6.07) is 15.5. The molecule has 0 fully saturated rings. The summed E-state index contributed by atoms with van der Waals surface area (Å²) < 4.78 is 6.13. The topological polar surface area (TPSA) is 74.9 Å². The van der Waals surface area contributed by atoms with E-state index in [0.29, 0.717) is 11.3 Å². The number of carbonyl (C=O) groups excluding carboxylic acids is 2. The van der Waals surface area contributed by atoms with Gasteiger partial charge in [-0.15, -0.1) is 0 Å². The Labute approximate surface area is 193 Å². The molecule has 6 heteroatoms. The molecule has 1 unspecified atom stereocenters. The van der Waals surface area contributed by atoms with Gasteiger partial charge in [0.25, 0.3) is 11.8 Å². The Morgan fingerprint density at radius 1 is 1.06 bits per heavy atom. The van der Waals surface area contributed by atoms with Gasteiger partial charge in [0, 0.05) is 34.8 Å². The summed E-state index contributed by atoms with van der Waals surface area (Å²) in [4.78, 5) is 28.1. The van der Waals surface area contributed by atoms with Crippen LogP contribution in [0.15, 0.2) is 58.0 Å². The van der Waals surface area contributed by atoms with Crippen molar-refractivity contribution >= 4 is 23.2 Å². The SMILES string of the molecule is Cc1ccccc1C(=O)N/N=C1\CCCc2oc(C(=O)N3c4ccccc4CC3C)c(C)c21. The van der Waals surface area contributed by atoms with E-state index in [0.717, 1.165) is 59.5 Å². The molecule has 0 radical (unpaired) electrons. The number of fused-ring (bicyclic) bond motifs is 2. The average Bonchev–Trinajstić information content (AvgIpc) is 3.34. The maximum Gasteiger partial charge on any atom is 0.294 e. The molecule has 33 heavy (non-hydrogen) atoms. The number of furan rings is 1. The van der Waals surface area contributed by atoms with Crippen LogP contribution in [0.2, 0.25) is 0 Å². The van der Waals surface area contributed by atoms with Crippen LogP contribution in [0.5, 0.6) is 0 Å². The first-order valence-electron chi connectivity index (χ1n) is 11.4. The number of hydrazone groups is 1. The Morgan fingerprint density at radius 2 is 1.82 bits per heavy atom. The van der Waals surface area contributed by atoms with E-state index in [1.807, 2.05) is 55.1 Å². The van der Waals surface area contributed by atoms with Gasteiger partial charge in [0.05, 0.1) is 5.71 Å². The zero-order chi connectivity index (χ0) is 23.1. The first kappa shape index (κ1) is 21.2. The molecule has 1 aromatic heterocycles. The van der Waals surface area contributed by atoms with E-state index >= 15 is 0 Å². The second-order valence-corrected chi connectivity index (χ2v) is 8.88. The van der Waals surface area contributed by atoms with Crippen molar-refractivity contribution < 1.29 is 14.0 Å². The van der Waals surface area contributed by atoms with Gasteiger partial charge in [-0.1, -0.05) is 36.4 Å². The Balaban J connectivity index is 1.45. The molecule has 2 heterocycles. The number of carbonyl (C=O) groups is 2. The number of hydrogen-bond acceptors (Lipinski definition) is 4. The van der Waals surface area contributed by atoms with Crippen molar-refractivity contribution in [2.45, 2.75) is 52.5 Å². The van der Waals surface area contributed by atoms with Gasteiger partial charge >= 0.3 is 0 Å². The number of rotatable bonds is 3. The lowest BCUT2D eigenvalue weighted by atomic mass is 9.93. The number of anilines is 1. The summed E-state index contributed by atoms with van der Waals surface area (Å²) in [5.74, 6) is 0.768. The second-order valence-electron chi connectivity index (χ2n) is 8.88. The van der Waals surface area contributed by atoms with Crippen LogP contribution < -0.4 is 10.3 Å². The molecule has 1 atom stereocenters. The van der Waals surface area contributed by atoms with Crippen LogP contribution in [-0.2, 0) is 12.8 Å². The molecular weight excluding hydrogens is 414 g/mol.